The fourth-order valence-electron chi connectivity index (χ4n) is 2.71. The SMILES string of the molecule is COCc1cc(CCCOc2c(C)cc(-c3ncon3)cc2C)on1. The zero-order valence-corrected chi connectivity index (χ0v) is 14.6. The van der Waals surface area contributed by atoms with E-state index < -0.39 is 0 Å². The lowest BCUT2D eigenvalue weighted by Gasteiger charge is -2.13. The molecule has 0 saturated heterocycles. The number of aryl methyl sites for hydroxylation is 3. The Kier molecular flexibility index (Phi) is 5.45. The van der Waals surface area contributed by atoms with E-state index in [0.29, 0.717) is 19.0 Å². The second-order valence-corrected chi connectivity index (χ2v) is 5.86. The number of methoxy groups -OCH3 is 1. The van der Waals surface area contributed by atoms with E-state index >= 15 is 0 Å². The van der Waals surface area contributed by atoms with Crippen molar-refractivity contribution in [3.63, 3.8) is 0 Å². The molecule has 132 valence electrons. The lowest BCUT2D eigenvalue weighted by molar-refractivity contribution is 0.177. The predicted molar refractivity (Wildman–Crippen MR) is 90.2 cm³/mol. The second kappa shape index (κ2) is 7.94. The van der Waals surface area contributed by atoms with E-state index in [1.54, 1.807) is 7.11 Å². The molecule has 0 N–H and O–H groups in total. The Hall–Kier alpha value is -2.67. The zero-order chi connectivity index (χ0) is 17.6. The average molecular weight is 343 g/mol. The zero-order valence-electron chi connectivity index (χ0n) is 14.6. The highest BCUT2D eigenvalue weighted by atomic mass is 16.5. The molecule has 0 spiro atoms. The summed E-state index contributed by atoms with van der Waals surface area (Å²) in [6.07, 6.45) is 2.94. The van der Waals surface area contributed by atoms with Crippen molar-refractivity contribution in [2.24, 2.45) is 0 Å². The summed E-state index contributed by atoms with van der Waals surface area (Å²) in [6.45, 7) is 5.09. The van der Waals surface area contributed by atoms with Gasteiger partial charge in [-0.3, -0.25) is 0 Å². The summed E-state index contributed by atoms with van der Waals surface area (Å²) in [6, 6.07) is 5.92. The number of hydrogen-bond acceptors (Lipinski definition) is 7. The summed E-state index contributed by atoms with van der Waals surface area (Å²) in [4.78, 5) is 4.08. The number of rotatable bonds is 8. The predicted octanol–water partition coefficient (Wildman–Crippen LogP) is 3.50. The molecule has 0 saturated carbocycles. The Morgan fingerprint density at radius 2 is 1.88 bits per heavy atom. The number of aromatic nitrogens is 3. The number of nitrogens with zero attached hydrogens (tertiary/aromatic N) is 3. The minimum Gasteiger partial charge on any atom is -0.493 e. The Morgan fingerprint density at radius 1 is 1.08 bits per heavy atom. The van der Waals surface area contributed by atoms with E-state index in [1.165, 1.54) is 6.39 Å². The maximum Gasteiger partial charge on any atom is 0.214 e. The summed E-state index contributed by atoms with van der Waals surface area (Å²) in [5.41, 5.74) is 3.81. The van der Waals surface area contributed by atoms with E-state index in [2.05, 4.69) is 15.3 Å². The fourth-order valence-corrected chi connectivity index (χ4v) is 2.71. The molecule has 7 nitrogen and oxygen atoms in total. The van der Waals surface area contributed by atoms with Crippen LogP contribution in [-0.4, -0.2) is 29.0 Å². The normalized spacial score (nSPS) is 11.0. The molecule has 3 rings (SSSR count). The van der Waals surface area contributed by atoms with Crippen molar-refractivity contribution >= 4 is 0 Å². The van der Waals surface area contributed by atoms with Gasteiger partial charge in [0, 0.05) is 25.2 Å². The van der Waals surface area contributed by atoms with Crippen LogP contribution in [0.2, 0.25) is 0 Å². The van der Waals surface area contributed by atoms with E-state index in [1.807, 2.05) is 32.0 Å². The molecule has 0 aliphatic rings. The van der Waals surface area contributed by atoms with Gasteiger partial charge in [-0.05, 0) is 43.5 Å². The van der Waals surface area contributed by atoms with E-state index in [9.17, 15) is 0 Å². The van der Waals surface area contributed by atoms with Crippen LogP contribution >= 0.6 is 0 Å². The monoisotopic (exact) mass is 343 g/mol. The van der Waals surface area contributed by atoms with Crippen molar-refractivity contribution in [1.29, 1.82) is 0 Å². The Balaban J connectivity index is 1.56. The van der Waals surface area contributed by atoms with Gasteiger partial charge in [-0.2, -0.15) is 4.98 Å². The van der Waals surface area contributed by atoms with Gasteiger partial charge in [-0.1, -0.05) is 10.3 Å². The van der Waals surface area contributed by atoms with Gasteiger partial charge in [-0.15, -0.1) is 0 Å². The summed E-state index contributed by atoms with van der Waals surface area (Å²) in [5.74, 6) is 2.32. The van der Waals surface area contributed by atoms with Crippen LogP contribution in [-0.2, 0) is 17.8 Å². The maximum atomic E-state index is 5.96. The third-order valence-corrected chi connectivity index (χ3v) is 3.79. The lowest BCUT2D eigenvalue weighted by atomic mass is 10.1. The van der Waals surface area contributed by atoms with Gasteiger partial charge in [0.1, 0.15) is 17.2 Å². The van der Waals surface area contributed by atoms with Crippen LogP contribution < -0.4 is 4.74 Å². The molecule has 7 heteroatoms. The fraction of sp³-hybridized carbons (Fsp3) is 0.389. The molecule has 0 aliphatic heterocycles. The molecule has 0 aliphatic carbocycles. The van der Waals surface area contributed by atoms with Crippen LogP contribution in [0.1, 0.15) is 29.0 Å². The first-order valence-corrected chi connectivity index (χ1v) is 8.11. The molecule has 0 amide bonds. The highest BCUT2D eigenvalue weighted by Gasteiger charge is 2.11. The van der Waals surface area contributed by atoms with Gasteiger partial charge in [0.15, 0.2) is 0 Å². The molecule has 0 bridgehead atoms. The molecule has 0 atom stereocenters. The highest BCUT2D eigenvalue weighted by Crippen LogP contribution is 2.28. The van der Waals surface area contributed by atoms with Crippen LogP contribution in [0.25, 0.3) is 11.4 Å². The van der Waals surface area contributed by atoms with E-state index in [0.717, 1.165) is 46.7 Å². The molecule has 1 aromatic carbocycles. The smallest absolute Gasteiger partial charge is 0.214 e. The van der Waals surface area contributed by atoms with Gasteiger partial charge >= 0.3 is 0 Å². The highest BCUT2D eigenvalue weighted by molar-refractivity contribution is 5.60. The van der Waals surface area contributed by atoms with Crippen LogP contribution in [0.5, 0.6) is 5.75 Å². The number of ether oxygens (including phenoxy) is 2. The largest absolute Gasteiger partial charge is 0.493 e. The number of benzene rings is 1. The second-order valence-electron chi connectivity index (χ2n) is 5.86. The van der Waals surface area contributed by atoms with Crippen molar-refractivity contribution < 1.29 is 18.5 Å². The van der Waals surface area contributed by atoms with Crippen LogP contribution in [0.4, 0.5) is 0 Å². The first kappa shape index (κ1) is 17.2. The summed E-state index contributed by atoms with van der Waals surface area (Å²) in [7, 11) is 1.64. The van der Waals surface area contributed by atoms with Gasteiger partial charge < -0.3 is 18.5 Å². The van der Waals surface area contributed by atoms with Gasteiger partial charge in [0.05, 0.1) is 13.2 Å². The van der Waals surface area contributed by atoms with Crippen LogP contribution in [0.3, 0.4) is 0 Å². The molecule has 2 aromatic heterocycles. The van der Waals surface area contributed by atoms with Crippen molar-refractivity contribution in [3.8, 4) is 17.1 Å². The number of hydrogen-bond donors (Lipinski definition) is 0. The standard InChI is InChI=1S/C18H21N3O4/c1-12-7-14(18-19-11-24-21-18)8-13(2)17(12)23-6-4-5-16-9-15(10-22-3)20-25-16/h7-9,11H,4-6,10H2,1-3H3. The van der Waals surface area contributed by atoms with Crippen molar-refractivity contribution in [1.82, 2.24) is 15.3 Å². The van der Waals surface area contributed by atoms with Gasteiger partial charge in [0.2, 0.25) is 12.2 Å². The van der Waals surface area contributed by atoms with Gasteiger partial charge in [0.25, 0.3) is 0 Å². The molecule has 2 heterocycles. The molecule has 0 fully saturated rings. The molecular weight excluding hydrogens is 322 g/mol. The summed E-state index contributed by atoms with van der Waals surface area (Å²) in [5, 5.41) is 7.82. The Morgan fingerprint density at radius 3 is 2.56 bits per heavy atom. The van der Waals surface area contributed by atoms with Crippen molar-refractivity contribution in [2.75, 3.05) is 13.7 Å². The topological polar surface area (TPSA) is 83.4 Å². The summed E-state index contributed by atoms with van der Waals surface area (Å²) < 4.78 is 21.1. The van der Waals surface area contributed by atoms with E-state index in [-0.39, 0.29) is 0 Å². The minimum atomic E-state index is 0.463. The quantitative estimate of drug-likeness (QED) is 0.579. The van der Waals surface area contributed by atoms with Crippen molar-refractivity contribution in [2.45, 2.75) is 33.3 Å². The van der Waals surface area contributed by atoms with Crippen LogP contribution in [0.15, 0.2) is 33.6 Å². The third-order valence-electron chi connectivity index (χ3n) is 3.79. The Bertz CT molecular complexity index is 789. The van der Waals surface area contributed by atoms with Crippen molar-refractivity contribution in [3.05, 3.63) is 47.2 Å². The van der Waals surface area contributed by atoms with Gasteiger partial charge in [-0.25, -0.2) is 0 Å². The van der Waals surface area contributed by atoms with Crippen LogP contribution in [0, 0.1) is 13.8 Å². The molecule has 0 unspecified atom stereocenters. The first-order chi connectivity index (χ1) is 12.2. The average Bonchev–Trinajstić information content (AvgIpc) is 3.25. The molecular formula is C18H21N3O4. The van der Waals surface area contributed by atoms with E-state index in [4.69, 9.17) is 18.5 Å². The first-order valence-electron chi connectivity index (χ1n) is 8.11. The Labute approximate surface area is 145 Å². The molecule has 3 aromatic rings. The summed E-state index contributed by atoms with van der Waals surface area (Å²) >= 11 is 0. The molecule has 0 radical (unpaired) electrons. The molecule has 25 heavy (non-hydrogen) atoms. The third kappa shape index (κ3) is 4.24. The maximum absolute atomic E-state index is 5.96. The lowest BCUT2D eigenvalue weighted by Crippen LogP contribution is -2.02. The minimum absolute atomic E-state index is 0.463.